The maximum absolute atomic E-state index is 12.2. The van der Waals surface area contributed by atoms with Crippen molar-refractivity contribution in [2.75, 3.05) is 6.61 Å². The van der Waals surface area contributed by atoms with E-state index in [1.165, 1.54) is 32.1 Å². The molecule has 0 aliphatic heterocycles. The molecule has 3 rings (SSSR count). The fourth-order valence-corrected chi connectivity index (χ4v) is 3.22. The van der Waals surface area contributed by atoms with Gasteiger partial charge in [-0.2, -0.15) is 15.5 Å². The van der Waals surface area contributed by atoms with E-state index in [-0.39, 0.29) is 0 Å². The van der Waals surface area contributed by atoms with Gasteiger partial charge in [0, 0.05) is 0 Å². The lowest BCUT2D eigenvalue weighted by atomic mass is 10.1. The minimum Gasteiger partial charge on any atom is -0.494 e. The highest BCUT2D eigenvalue weighted by Crippen LogP contribution is 2.23. The number of hydrogen-bond acceptors (Lipinski definition) is 6. The van der Waals surface area contributed by atoms with Gasteiger partial charge < -0.3 is 9.47 Å². The molecule has 0 unspecified atom stereocenters. The largest absolute Gasteiger partial charge is 0.494 e. The van der Waals surface area contributed by atoms with Crippen molar-refractivity contribution >= 4 is 17.3 Å². The lowest BCUT2D eigenvalue weighted by Crippen LogP contribution is -2.08. The molecule has 0 radical (unpaired) electrons. The van der Waals surface area contributed by atoms with Crippen molar-refractivity contribution in [2.24, 2.45) is 10.2 Å². The summed E-state index contributed by atoms with van der Waals surface area (Å²) in [5.74, 6) is 0.749. The number of benzene rings is 3. The van der Waals surface area contributed by atoms with E-state index in [2.05, 4.69) is 17.2 Å². The topological polar surface area (TPSA) is 84.0 Å². The molecule has 0 saturated heterocycles. The van der Waals surface area contributed by atoms with E-state index in [9.17, 15) is 4.79 Å². The average Bonchev–Trinajstić information content (AvgIpc) is 2.88. The number of nitrogens with zero attached hydrogens (tertiary/aromatic N) is 3. The Hall–Kier alpha value is -3.98. The Morgan fingerprint density at radius 3 is 1.91 bits per heavy atom. The molecule has 0 amide bonds. The van der Waals surface area contributed by atoms with Gasteiger partial charge >= 0.3 is 5.97 Å². The van der Waals surface area contributed by atoms with Crippen LogP contribution < -0.4 is 9.47 Å². The van der Waals surface area contributed by atoms with Gasteiger partial charge in [-0.25, -0.2) is 4.79 Å². The van der Waals surface area contributed by atoms with E-state index in [4.69, 9.17) is 14.7 Å². The summed E-state index contributed by atoms with van der Waals surface area (Å²) in [6, 6.07) is 22.6. The first-order valence-electron chi connectivity index (χ1n) is 11.6. The SMILES string of the molecule is CCCCCCCCOc1ccc(N=Nc2ccc(OC(=O)c3ccc(C#N)cc3)cc2)cc1. The van der Waals surface area contributed by atoms with Crippen LogP contribution in [0.25, 0.3) is 0 Å². The van der Waals surface area contributed by atoms with Crippen LogP contribution in [0.1, 0.15) is 61.4 Å². The molecule has 0 N–H and O–H groups in total. The lowest BCUT2D eigenvalue weighted by molar-refractivity contribution is 0.0735. The fraction of sp³-hybridized carbons (Fsp3) is 0.286. The number of azo groups is 1. The summed E-state index contributed by atoms with van der Waals surface area (Å²) in [4.78, 5) is 12.2. The molecule has 6 heteroatoms. The van der Waals surface area contributed by atoms with Crippen LogP contribution >= 0.6 is 0 Å². The van der Waals surface area contributed by atoms with Gasteiger partial charge in [0.2, 0.25) is 0 Å². The molecule has 34 heavy (non-hydrogen) atoms. The first kappa shape index (κ1) is 24.7. The number of hydrogen-bond donors (Lipinski definition) is 0. The Labute approximate surface area is 200 Å². The Kier molecular flexibility index (Phi) is 9.82. The summed E-state index contributed by atoms with van der Waals surface area (Å²) in [6.45, 7) is 2.96. The molecule has 174 valence electrons. The summed E-state index contributed by atoms with van der Waals surface area (Å²) in [5.41, 5.74) is 2.23. The van der Waals surface area contributed by atoms with Crippen LogP contribution in [0.3, 0.4) is 0 Å². The number of unbranched alkanes of at least 4 members (excludes halogenated alkanes) is 5. The zero-order valence-electron chi connectivity index (χ0n) is 19.4. The van der Waals surface area contributed by atoms with E-state index in [0.29, 0.717) is 22.6 Å². The maximum atomic E-state index is 12.2. The van der Waals surface area contributed by atoms with Crippen LogP contribution in [0.2, 0.25) is 0 Å². The first-order valence-corrected chi connectivity index (χ1v) is 11.6. The summed E-state index contributed by atoms with van der Waals surface area (Å²) in [6.07, 6.45) is 7.44. The molecule has 0 aromatic heterocycles. The normalized spacial score (nSPS) is 10.7. The van der Waals surface area contributed by atoms with Gasteiger partial charge in [0.1, 0.15) is 11.5 Å². The summed E-state index contributed by atoms with van der Waals surface area (Å²) in [7, 11) is 0. The third-order valence-electron chi connectivity index (χ3n) is 5.18. The van der Waals surface area contributed by atoms with E-state index in [1.54, 1.807) is 48.5 Å². The van der Waals surface area contributed by atoms with Crippen molar-refractivity contribution in [3.05, 3.63) is 83.9 Å². The van der Waals surface area contributed by atoms with Crippen molar-refractivity contribution in [1.82, 2.24) is 0 Å². The zero-order valence-corrected chi connectivity index (χ0v) is 19.4. The van der Waals surface area contributed by atoms with Gasteiger partial charge in [-0.3, -0.25) is 0 Å². The Morgan fingerprint density at radius 1 is 0.765 bits per heavy atom. The molecular weight excluding hydrogens is 426 g/mol. The molecule has 6 nitrogen and oxygen atoms in total. The molecular formula is C28H29N3O3. The quantitative estimate of drug-likeness (QED) is 0.120. The standard InChI is InChI=1S/C28H29N3O3/c1-2-3-4-5-6-7-20-33-26-16-12-24(13-17-26)30-31-25-14-18-27(19-15-25)34-28(32)23-10-8-22(21-29)9-11-23/h8-19H,2-7,20H2,1H3. The van der Waals surface area contributed by atoms with Gasteiger partial charge in [-0.1, -0.05) is 39.0 Å². The lowest BCUT2D eigenvalue weighted by Gasteiger charge is -2.06. The first-order chi connectivity index (χ1) is 16.7. The van der Waals surface area contributed by atoms with Crippen LogP contribution in [0.15, 0.2) is 83.0 Å². The zero-order chi connectivity index (χ0) is 24.0. The second-order valence-corrected chi connectivity index (χ2v) is 7.88. The fourth-order valence-electron chi connectivity index (χ4n) is 3.22. The van der Waals surface area contributed by atoms with E-state index < -0.39 is 5.97 Å². The minimum atomic E-state index is -0.488. The molecule has 3 aromatic carbocycles. The predicted molar refractivity (Wildman–Crippen MR) is 132 cm³/mol. The molecule has 0 bridgehead atoms. The van der Waals surface area contributed by atoms with Gasteiger partial charge in [-0.05, 0) is 79.2 Å². The molecule has 0 aliphatic rings. The van der Waals surface area contributed by atoms with Crippen molar-refractivity contribution in [2.45, 2.75) is 45.4 Å². The molecule has 3 aromatic rings. The third kappa shape index (κ3) is 8.18. The predicted octanol–water partition coefficient (Wildman–Crippen LogP) is 7.93. The molecule has 0 aliphatic carbocycles. The third-order valence-corrected chi connectivity index (χ3v) is 5.18. The highest BCUT2D eigenvalue weighted by Gasteiger charge is 2.08. The van der Waals surface area contributed by atoms with Crippen LogP contribution in [-0.2, 0) is 0 Å². The average molecular weight is 456 g/mol. The van der Waals surface area contributed by atoms with Crippen molar-refractivity contribution < 1.29 is 14.3 Å². The number of ether oxygens (including phenoxy) is 2. The number of carbonyl (C=O) groups is 1. The van der Waals surface area contributed by atoms with Crippen LogP contribution in [-0.4, -0.2) is 12.6 Å². The minimum absolute atomic E-state index is 0.377. The number of esters is 1. The van der Waals surface area contributed by atoms with Crippen molar-refractivity contribution in [1.29, 1.82) is 5.26 Å². The summed E-state index contributed by atoms with van der Waals surface area (Å²) >= 11 is 0. The Balaban J connectivity index is 1.44. The summed E-state index contributed by atoms with van der Waals surface area (Å²) < 4.78 is 11.2. The molecule has 0 saturated carbocycles. The molecule has 0 fully saturated rings. The maximum Gasteiger partial charge on any atom is 0.343 e. The van der Waals surface area contributed by atoms with Crippen LogP contribution in [0, 0.1) is 11.3 Å². The van der Waals surface area contributed by atoms with Gasteiger partial charge in [0.15, 0.2) is 0 Å². The van der Waals surface area contributed by atoms with Gasteiger partial charge in [0.05, 0.1) is 35.2 Å². The number of carbonyl (C=O) groups excluding carboxylic acids is 1. The monoisotopic (exact) mass is 455 g/mol. The van der Waals surface area contributed by atoms with Crippen LogP contribution in [0.4, 0.5) is 11.4 Å². The van der Waals surface area contributed by atoms with Crippen LogP contribution in [0.5, 0.6) is 11.5 Å². The number of rotatable bonds is 12. The molecule has 0 heterocycles. The highest BCUT2D eigenvalue weighted by molar-refractivity contribution is 5.91. The van der Waals surface area contributed by atoms with E-state index >= 15 is 0 Å². The second-order valence-electron chi connectivity index (χ2n) is 7.88. The highest BCUT2D eigenvalue weighted by atomic mass is 16.5. The Bertz CT molecular complexity index is 1100. The smallest absolute Gasteiger partial charge is 0.343 e. The number of nitriles is 1. The molecule has 0 atom stereocenters. The van der Waals surface area contributed by atoms with Gasteiger partial charge in [0.25, 0.3) is 0 Å². The van der Waals surface area contributed by atoms with E-state index in [1.807, 2.05) is 30.3 Å². The summed E-state index contributed by atoms with van der Waals surface area (Å²) in [5, 5.41) is 17.3. The van der Waals surface area contributed by atoms with Gasteiger partial charge in [-0.15, -0.1) is 0 Å². The van der Waals surface area contributed by atoms with E-state index in [0.717, 1.165) is 24.5 Å². The van der Waals surface area contributed by atoms with Crippen molar-refractivity contribution in [3.8, 4) is 17.6 Å². The second kappa shape index (κ2) is 13.5. The molecule has 0 spiro atoms. The van der Waals surface area contributed by atoms with Crippen molar-refractivity contribution in [3.63, 3.8) is 0 Å². The Morgan fingerprint density at radius 2 is 1.32 bits per heavy atom.